The van der Waals surface area contributed by atoms with Crippen LogP contribution in [0.5, 0.6) is 5.75 Å². The number of carbonyl (C=O) groups is 2. The van der Waals surface area contributed by atoms with Crippen LogP contribution in [0.3, 0.4) is 0 Å². The molecule has 0 aromatic heterocycles. The molecule has 1 amide bonds. The van der Waals surface area contributed by atoms with Crippen LogP contribution in [-0.2, 0) is 4.79 Å². The summed E-state index contributed by atoms with van der Waals surface area (Å²) >= 11 is 6.06. The van der Waals surface area contributed by atoms with Crippen molar-refractivity contribution in [1.29, 1.82) is 0 Å². The number of carboxylic acid groups (broad SMARTS) is 1. The molecule has 5 nitrogen and oxygen atoms in total. The van der Waals surface area contributed by atoms with Crippen molar-refractivity contribution in [2.75, 3.05) is 6.54 Å². The first-order chi connectivity index (χ1) is 13.3. The van der Waals surface area contributed by atoms with Crippen LogP contribution in [-0.4, -0.2) is 40.6 Å². The SMILES string of the molecule is CC(Oc1ccc(Cl)cc1-c1ccc(C(=O)N2CCC[C@H]2C)c(F)c1)C(=O)O. The van der Waals surface area contributed by atoms with Gasteiger partial charge < -0.3 is 14.7 Å². The number of halogens is 2. The maximum Gasteiger partial charge on any atom is 0.344 e. The molecule has 1 saturated heterocycles. The van der Waals surface area contributed by atoms with E-state index in [1.807, 2.05) is 6.92 Å². The molecule has 0 spiro atoms. The molecule has 1 fully saturated rings. The Hall–Kier alpha value is -2.60. The number of ether oxygens (including phenoxy) is 1. The summed E-state index contributed by atoms with van der Waals surface area (Å²) < 4.78 is 20.2. The number of hydrogen-bond acceptors (Lipinski definition) is 3. The molecule has 2 aromatic rings. The molecular formula is C21H21ClFNO4. The molecule has 2 aromatic carbocycles. The van der Waals surface area contributed by atoms with Gasteiger partial charge in [0.2, 0.25) is 0 Å². The monoisotopic (exact) mass is 405 g/mol. The van der Waals surface area contributed by atoms with Gasteiger partial charge in [0.25, 0.3) is 5.91 Å². The molecule has 0 saturated carbocycles. The van der Waals surface area contributed by atoms with Gasteiger partial charge in [0, 0.05) is 23.2 Å². The summed E-state index contributed by atoms with van der Waals surface area (Å²) in [4.78, 5) is 25.4. The minimum Gasteiger partial charge on any atom is -0.479 e. The first-order valence-corrected chi connectivity index (χ1v) is 9.45. The third-order valence-electron chi connectivity index (χ3n) is 4.92. The van der Waals surface area contributed by atoms with Gasteiger partial charge in [-0.1, -0.05) is 17.7 Å². The molecule has 0 bridgehead atoms. The van der Waals surface area contributed by atoms with E-state index in [2.05, 4.69) is 0 Å². The lowest BCUT2D eigenvalue weighted by molar-refractivity contribution is -0.144. The van der Waals surface area contributed by atoms with Crippen molar-refractivity contribution >= 4 is 23.5 Å². The van der Waals surface area contributed by atoms with Gasteiger partial charge in [0.15, 0.2) is 6.10 Å². The van der Waals surface area contributed by atoms with Crippen molar-refractivity contribution in [2.24, 2.45) is 0 Å². The summed E-state index contributed by atoms with van der Waals surface area (Å²) in [5, 5.41) is 9.47. The van der Waals surface area contributed by atoms with Gasteiger partial charge in [0.05, 0.1) is 5.56 Å². The van der Waals surface area contributed by atoms with E-state index in [9.17, 15) is 14.0 Å². The summed E-state index contributed by atoms with van der Waals surface area (Å²) in [6.45, 7) is 3.98. The zero-order valence-electron chi connectivity index (χ0n) is 15.6. The predicted molar refractivity (Wildman–Crippen MR) is 104 cm³/mol. The largest absolute Gasteiger partial charge is 0.479 e. The molecule has 3 rings (SSSR count). The molecule has 0 radical (unpaired) electrons. The third-order valence-corrected chi connectivity index (χ3v) is 5.15. The lowest BCUT2D eigenvalue weighted by Gasteiger charge is -2.22. The number of aliphatic carboxylic acids is 1. The first-order valence-electron chi connectivity index (χ1n) is 9.08. The van der Waals surface area contributed by atoms with E-state index >= 15 is 0 Å². The standard InChI is InChI=1S/C21H21ClFNO4/c1-12-4-3-9-24(12)20(25)16-7-5-14(10-18(16)23)17-11-15(22)6-8-19(17)28-13(2)21(26)27/h5-8,10-13H,3-4,9H2,1-2H3,(H,26,27)/t12-,13?/m1/s1. The van der Waals surface area contributed by atoms with Crippen LogP contribution in [0.25, 0.3) is 11.1 Å². The highest BCUT2D eigenvalue weighted by atomic mass is 35.5. The second-order valence-corrected chi connectivity index (χ2v) is 7.36. The Labute approximate surface area is 167 Å². The Balaban J connectivity index is 1.94. The molecule has 28 heavy (non-hydrogen) atoms. The number of carboxylic acids is 1. The Morgan fingerprint density at radius 1 is 1.29 bits per heavy atom. The van der Waals surface area contributed by atoms with Gasteiger partial charge in [0.1, 0.15) is 11.6 Å². The lowest BCUT2D eigenvalue weighted by Crippen LogP contribution is -2.34. The summed E-state index contributed by atoms with van der Waals surface area (Å²) in [5.74, 6) is -1.81. The molecule has 1 N–H and O–H groups in total. The Morgan fingerprint density at radius 3 is 2.64 bits per heavy atom. The van der Waals surface area contributed by atoms with E-state index in [4.69, 9.17) is 21.4 Å². The van der Waals surface area contributed by atoms with E-state index in [1.54, 1.807) is 29.2 Å². The first kappa shape index (κ1) is 20.1. The molecule has 1 aliphatic rings. The van der Waals surface area contributed by atoms with Crippen molar-refractivity contribution in [3.05, 3.63) is 52.8 Å². The third kappa shape index (κ3) is 4.12. The van der Waals surface area contributed by atoms with E-state index in [0.717, 1.165) is 12.8 Å². The Kier molecular flexibility index (Phi) is 5.89. The van der Waals surface area contributed by atoms with Crippen molar-refractivity contribution < 1.29 is 23.8 Å². The fraction of sp³-hybridized carbons (Fsp3) is 0.333. The number of likely N-dealkylation sites (tertiary alicyclic amines) is 1. The summed E-state index contributed by atoms with van der Waals surface area (Å²) in [6.07, 6.45) is 0.746. The van der Waals surface area contributed by atoms with Crippen LogP contribution in [0.15, 0.2) is 36.4 Å². The highest BCUT2D eigenvalue weighted by Crippen LogP contribution is 2.34. The van der Waals surface area contributed by atoms with Gasteiger partial charge in [-0.25, -0.2) is 9.18 Å². The molecule has 148 valence electrons. The van der Waals surface area contributed by atoms with Crippen molar-refractivity contribution in [3.63, 3.8) is 0 Å². The lowest BCUT2D eigenvalue weighted by atomic mass is 10.0. The van der Waals surface area contributed by atoms with Crippen molar-refractivity contribution in [3.8, 4) is 16.9 Å². The Morgan fingerprint density at radius 2 is 2.04 bits per heavy atom. The molecule has 1 unspecified atom stereocenters. The molecule has 7 heteroatoms. The molecule has 2 atom stereocenters. The highest BCUT2D eigenvalue weighted by molar-refractivity contribution is 6.31. The maximum atomic E-state index is 14.8. The number of hydrogen-bond donors (Lipinski definition) is 1. The van der Waals surface area contributed by atoms with E-state index in [0.29, 0.717) is 22.7 Å². The quantitative estimate of drug-likeness (QED) is 0.788. The topological polar surface area (TPSA) is 66.8 Å². The number of amides is 1. The number of benzene rings is 2. The number of rotatable bonds is 5. The minimum atomic E-state index is -1.12. The van der Waals surface area contributed by atoms with Crippen molar-refractivity contribution in [1.82, 2.24) is 4.90 Å². The van der Waals surface area contributed by atoms with Crippen molar-refractivity contribution in [2.45, 2.75) is 38.8 Å². The van der Waals surface area contributed by atoms with Crippen LogP contribution in [0.2, 0.25) is 5.02 Å². The zero-order valence-corrected chi connectivity index (χ0v) is 16.4. The smallest absolute Gasteiger partial charge is 0.344 e. The fourth-order valence-corrected chi connectivity index (χ4v) is 3.49. The Bertz CT molecular complexity index is 917. The summed E-state index contributed by atoms with van der Waals surface area (Å²) in [7, 11) is 0. The van der Waals surface area contributed by atoms with Crippen LogP contribution in [0, 0.1) is 5.82 Å². The van der Waals surface area contributed by atoms with E-state index in [-0.39, 0.29) is 23.3 Å². The predicted octanol–water partition coefficient (Wildman–Crippen LogP) is 4.62. The van der Waals surface area contributed by atoms with Gasteiger partial charge in [-0.05, 0) is 62.6 Å². The second-order valence-electron chi connectivity index (χ2n) is 6.92. The molecule has 1 aliphatic heterocycles. The van der Waals surface area contributed by atoms with E-state index in [1.165, 1.54) is 19.1 Å². The summed E-state index contributed by atoms with van der Waals surface area (Å²) in [6, 6.07) is 9.09. The van der Waals surface area contributed by atoms with Gasteiger partial charge in [-0.2, -0.15) is 0 Å². The zero-order chi connectivity index (χ0) is 20.4. The fourth-order valence-electron chi connectivity index (χ4n) is 3.32. The van der Waals surface area contributed by atoms with E-state index < -0.39 is 17.9 Å². The average Bonchev–Trinajstić information content (AvgIpc) is 3.08. The molecule has 1 heterocycles. The average molecular weight is 406 g/mol. The number of nitrogens with zero attached hydrogens (tertiary/aromatic N) is 1. The van der Waals surface area contributed by atoms with Crippen LogP contribution in [0.1, 0.15) is 37.0 Å². The van der Waals surface area contributed by atoms with Crippen LogP contribution < -0.4 is 4.74 Å². The van der Waals surface area contributed by atoms with Crippen LogP contribution >= 0.6 is 11.6 Å². The van der Waals surface area contributed by atoms with Gasteiger partial charge >= 0.3 is 5.97 Å². The maximum absolute atomic E-state index is 14.8. The number of carbonyl (C=O) groups excluding carboxylic acids is 1. The van der Waals surface area contributed by atoms with Gasteiger partial charge in [-0.3, -0.25) is 4.79 Å². The van der Waals surface area contributed by atoms with Gasteiger partial charge in [-0.15, -0.1) is 0 Å². The molecule has 0 aliphatic carbocycles. The summed E-state index contributed by atoms with van der Waals surface area (Å²) in [5.41, 5.74) is 0.910. The normalized spacial score (nSPS) is 17.4. The molecular weight excluding hydrogens is 385 g/mol. The van der Waals surface area contributed by atoms with Crippen LogP contribution in [0.4, 0.5) is 4.39 Å². The highest BCUT2D eigenvalue weighted by Gasteiger charge is 2.28. The second kappa shape index (κ2) is 8.19. The minimum absolute atomic E-state index is 0.0147.